The van der Waals surface area contributed by atoms with Gasteiger partial charge in [0.1, 0.15) is 0 Å². The van der Waals surface area contributed by atoms with E-state index in [9.17, 15) is 8.42 Å². The second-order valence-electron chi connectivity index (χ2n) is 1.71. The van der Waals surface area contributed by atoms with Crippen LogP contribution in [-0.2, 0) is 8.87 Å². The van der Waals surface area contributed by atoms with Gasteiger partial charge in [-0.2, -0.15) is 0 Å². The number of rotatable bonds is 2. The summed E-state index contributed by atoms with van der Waals surface area (Å²) in [6, 6.07) is 0. The maximum atomic E-state index is 10.7. The molecule has 0 unspecified atom stereocenters. The molecule has 0 aromatic carbocycles. The van der Waals surface area contributed by atoms with Crippen LogP contribution in [0.2, 0.25) is 0 Å². The lowest BCUT2D eigenvalue weighted by Gasteiger charge is -2.00. The molecule has 0 N–H and O–H groups in total. The molecule has 50 valence electrons. The summed E-state index contributed by atoms with van der Waals surface area (Å²) in [5, 5.41) is -0.252. The molecular formula is C4H10O2S2. The van der Waals surface area contributed by atoms with Gasteiger partial charge in [0.05, 0.1) is 5.25 Å². The highest BCUT2D eigenvalue weighted by Gasteiger charge is 2.12. The molecule has 0 radical (unpaired) electrons. The van der Waals surface area contributed by atoms with Crippen LogP contribution in [-0.4, -0.2) is 19.9 Å². The summed E-state index contributed by atoms with van der Waals surface area (Å²) in [6.07, 6.45) is 1.58. The van der Waals surface area contributed by atoms with Crippen LogP contribution in [0.15, 0.2) is 0 Å². The van der Waals surface area contributed by atoms with Gasteiger partial charge in [-0.25, -0.2) is 8.42 Å². The standard InChI is InChI=1S/C4H10O2S2/c1-4(2)8(5,6)7-3/h4H,1-3H3. The largest absolute Gasteiger partial charge is 0.217 e. The van der Waals surface area contributed by atoms with Crippen LogP contribution in [0.5, 0.6) is 0 Å². The Bertz CT molecular complexity index is 145. The van der Waals surface area contributed by atoms with Crippen LogP contribution >= 0.6 is 10.8 Å². The van der Waals surface area contributed by atoms with Crippen molar-refractivity contribution in [3.05, 3.63) is 0 Å². The Morgan fingerprint density at radius 1 is 1.38 bits per heavy atom. The molecule has 0 saturated carbocycles. The van der Waals surface area contributed by atoms with Gasteiger partial charge in [-0.15, -0.1) is 0 Å². The fourth-order valence-electron chi connectivity index (χ4n) is 0.192. The van der Waals surface area contributed by atoms with Crippen molar-refractivity contribution >= 4 is 19.7 Å². The second kappa shape index (κ2) is 2.73. The van der Waals surface area contributed by atoms with Gasteiger partial charge in [0, 0.05) is 0 Å². The minimum Gasteiger partial charge on any atom is -0.217 e. The summed E-state index contributed by atoms with van der Waals surface area (Å²) < 4.78 is 21.3. The minimum absolute atomic E-state index is 0.252. The van der Waals surface area contributed by atoms with Crippen molar-refractivity contribution < 1.29 is 8.42 Å². The van der Waals surface area contributed by atoms with E-state index in [0.29, 0.717) is 0 Å². The Labute approximate surface area is 54.0 Å². The van der Waals surface area contributed by atoms with E-state index in [1.807, 2.05) is 0 Å². The summed E-state index contributed by atoms with van der Waals surface area (Å²) >= 11 is 0. The van der Waals surface area contributed by atoms with E-state index in [1.165, 1.54) is 0 Å². The normalized spacial score (nSPS) is 12.5. The zero-order valence-electron chi connectivity index (χ0n) is 5.21. The van der Waals surface area contributed by atoms with Gasteiger partial charge in [-0.3, -0.25) is 0 Å². The Hall–Kier alpha value is 0.300. The van der Waals surface area contributed by atoms with Crippen molar-refractivity contribution in [2.75, 3.05) is 6.26 Å². The third-order valence-corrected chi connectivity index (χ3v) is 4.98. The monoisotopic (exact) mass is 154 g/mol. The Balaban J connectivity index is 4.17. The molecule has 0 bridgehead atoms. The summed E-state index contributed by atoms with van der Waals surface area (Å²) in [7, 11) is -1.91. The molecule has 0 amide bonds. The van der Waals surface area contributed by atoms with Crippen LogP contribution in [0.25, 0.3) is 0 Å². The van der Waals surface area contributed by atoms with E-state index in [-0.39, 0.29) is 5.25 Å². The predicted octanol–water partition coefficient (Wildman–Crippen LogP) is 1.09. The van der Waals surface area contributed by atoms with Crippen molar-refractivity contribution in [1.29, 1.82) is 0 Å². The Kier molecular flexibility index (Phi) is 2.83. The Morgan fingerprint density at radius 3 is 1.75 bits per heavy atom. The van der Waals surface area contributed by atoms with Crippen LogP contribution in [0.3, 0.4) is 0 Å². The average Bonchev–Trinajstić information content (AvgIpc) is 1.67. The average molecular weight is 154 g/mol. The quantitative estimate of drug-likeness (QED) is 0.558. The van der Waals surface area contributed by atoms with Gasteiger partial charge < -0.3 is 0 Å². The first-order valence-electron chi connectivity index (χ1n) is 2.30. The molecule has 4 heteroatoms. The van der Waals surface area contributed by atoms with Gasteiger partial charge in [-0.1, -0.05) is 0 Å². The van der Waals surface area contributed by atoms with Gasteiger partial charge in [-0.05, 0) is 30.9 Å². The molecule has 0 rings (SSSR count). The SMILES string of the molecule is CSS(=O)(=O)C(C)C. The highest BCUT2D eigenvalue weighted by Crippen LogP contribution is 2.13. The van der Waals surface area contributed by atoms with Gasteiger partial charge in [0.15, 0.2) is 0 Å². The van der Waals surface area contributed by atoms with Crippen molar-refractivity contribution in [3.8, 4) is 0 Å². The number of hydrogen-bond acceptors (Lipinski definition) is 3. The molecular weight excluding hydrogens is 144 g/mol. The van der Waals surface area contributed by atoms with E-state index in [0.717, 1.165) is 10.8 Å². The van der Waals surface area contributed by atoms with Crippen molar-refractivity contribution in [1.82, 2.24) is 0 Å². The third kappa shape index (κ3) is 2.05. The zero-order chi connectivity index (χ0) is 6.78. The molecule has 0 aromatic heterocycles. The summed E-state index contributed by atoms with van der Waals surface area (Å²) in [4.78, 5) is 0. The minimum atomic E-state index is -2.82. The molecule has 0 heterocycles. The summed E-state index contributed by atoms with van der Waals surface area (Å²) in [5.41, 5.74) is 0. The van der Waals surface area contributed by atoms with Crippen LogP contribution in [0, 0.1) is 0 Å². The van der Waals surface area contributed by atoms with Gasteiger partial charge in [0.25, 0.3) is 0 Å². The molecule has 0 aliphatic carbocycles. The van der Waals surface area contributed by atoms with E-state index < -0.39 is 8.87 Å². The van der Waals surface area contributed by atoms with Crippen molar-refractivity contribution in [2.45, 2.75) is 19.1 Å². The smallest absolute Gasteiger partial charge is 0.203 e. The molecule has 0 saturated heterocycles. The van der Waals surface area contributed by atoms with Crippen molar-refractivity contribution in [3.63, 3.8) is 0 Å². The number of hydrogen-bond donors (Lipinski definition) is 0. The predicted molar refractivity (Wildman–Crippen MR) is 37.6 cm³/mol. The van der Waals surface area contributed by atoms with E-state index in [4.69, 9.17) is 0 Å². The summed E-state index contributed by atoms with van der Waals surface area (Å²) in [6.45, 7) is 3.34. The highest BCUT2D eigenvalue weighted by molar-refractivity contribution is 8.71. The first-order chi connectivity index (χ1) is 3.50. The Morgan fingerprint density at radius 2 is 1.75 bits per heavy atom. The maximum Gasteiger partial charge on any atom is 0.203 e. The molecule has 0 spiro atoms. The maximum absolute atomic E-state index is 10.7. The van der Waals surface area contributed by atoms with Gasteiger partial charge >= 0.3 is 0 Å². The van der Waals surface area contributed by atoms with Crippen molar-refractivity contribution in [2.24, 2.45) is 0 Å². The zero-order valence-corrected chi connectivity index (χ0v) is 6.84. The highest BCUT2D eigenvalue weighted by atomic mass is 33.1. The van der Waals surface area contributed by atoms with E-state index >= 15 is 0 Å². The lowest BCUT2D eigenvalue weighted by Crippen LogP contribution is -2.07. The fraction of sp³-hybridized carbons (Fsp3) is 1.00. The lowest BCUT2D eigenvalue weighted by atomic mass is 10.6. The summed E-state index contributed by atoms with van der Waals surface area (Å²) in [5.74, 6) is 0. The second-order valence-corrected chi connectivity index (χ2v) is 6.36. The molecule has 0 aliphatic heterocycles. The lowest BCUT2D eigenvalue weighted by molar-refractivity contribution is 0.602. The topological polar surface area (TPSA) is 34.1 Å². The van der Waals surface area contributed by atoms with E-state index in [1.54, 1.807) is 20.1 Å². The van der Waals surface area contributed by atoms with Crippen LogP contribution in [0.1, 0.15) is 13.8 Å². The molecule has 8 heavy (non-hydrogen) atoms. The van der Waals surface area contributed by atoms with Crippen LogP contribution in [0.4, 0.5) is 0 Å². The third-order valence-electron chi connectivity index (χ3n) is 0.810. The molecule has 2 nitrogen and oxygen atoms in total. The first-order valence-corrected chi connectivity index (χ1v) is 5.59. The molecule has 0 aromatic rings. The fourth-order valence-corrected chi connectivity index (χ4v) is 1.73. The first kappa shape index (κ1) is 8.30. The van der Waals surface area contributed by atoms with Gasteiger partial charge in [0.2, 0.25) is 8.87 Å². The molecule has 0 fully saturated rings. The molecule has 0 atom stereocenters. The van der Waals surface area contributed by atoms with E-state index in [2.05, 4.69) is 0 Å². The van der Waals surface area contributed by atoms with Crippen LogP contribution < -0.4 is 0 Å². The molecule has 0 aliphatic rings.